The average molecular weight is 330 g/mol. The Kier molecular flexibility index (Phi) is 4.22. The SMILES string of the molecule is Cc1c(-c2ccccc2)nc2ccccc2c1C(=O)NC1CCCC1. The first kappa shape index (κ1) is 15.8. The summed E-state index contributed by atoms with van der Waals surface area (Å²) in [5, 5.41) is 4.17. The lowest BCUT2D eigenvalue weighted by atomic mass is 9.97. The van der Waals surface area contributed by atoms with Gasteiger partial charge in [0.05, 0.1) is 16.8 Å². The summed E-state index contributed by atoms with van der Waals surface area (Å²) in [4.78, 5) is 17.9. The van der Waals surface area contributed by atoms with Gasteiger partial charge in [-0.25, -0.2) is 4.98 Å². The molecular weight excluding hydrogens is 308 g/mol. The van der Waals surface area contributed by atoms with Crippen LogP contribution in [-0.4, -0.2) is 16.9 Å². The lowest BCUT2D eigenvalue weighted by Crippen LogP contribution is -2.33. The monoisotopic (exact) mass is 330 g/mol. The van der Waals surface area contributed by atoms with E-state index in [1.165, 1.54) is 12.8 Å². The van der Waals surface area contributed by atoms with E-state index in [4.69, 9.17) is 4.98 Å². The maximum Gasteiger partial charge on any atom is 0.252 e. The first-order chi connectivity index (χ1) is 12.2. The normalized spacial score (nSPS) is 14.8. The van der Waals surface area contributed by atoms with Gasteiger partial charge in [0.25, 0.3) is 5.91 Å². The van der Waals surface area contributed by atoms with Gasteiger partial charge in [-0.1, -0.05) is 61.4 Å². The van der Waals surface area contributed by atoms with Crippen LogP contribution >= 0.6 is 0 Å². The number of carbonyl (C=O) groups is 1. The van der Waals surface area contributed by atoms with Gasteiger partial charge in [0.1, 0.15) is 0 Å². The molecule has 2 aromatic carbocycles. The zero-order chi connectivity index (χ0) is 17.2. The molecule has 0 bridgehead atoms. The van der Waals surface area contributed by atoms with Crippen LogP contribution in [0.2, 0.25) is 0 Å². The summed E-state index contributed by atoms with van der Waals surface area (Å²) < 4.78 is 0. The van der Waals surface area contributed by atoms with Crippen molar-refractivity contribution in [2.75, 3.05) is 0 Å². The molecule has 0 atom stereocenters. The minimum Gasteiger partial charge on any atom is -0.349 e. The zero-order valence-electron chi connectivity index (χ0n) is 14.5. The van der Waals surface area contributed by atoms with Crippen molar-refractivity contribution in [1.29, 1.82) is 0 Å². The van der Waals surface area contributed by atoms with Gasteiger partial charge in [0.2, 0.25) is 0 Å². The highest BCUT2D eigenvalue weighted by Crippen LogP contribution is 2.30. The van der Waals surface area contributed by atoms with Crippen molar-refractivity contribution in [3.05, 3.63) is 65.7 Å². The summed E-state index contributed by atoms with van der Waals surface area (Å²) in [5.74, 6) is 0.0279. The Hall–Kier alpha value is -2.68. The molecule has 1 fully saturated rings. The van der Waals surface area contributed by atoms with E-state index in [2.05, 4.69) is 5.32 Å². The molecule has 1 aliphatic carbocycles. The minimum absolute atomic E-state index is 0.0279. The van der Waals surface area contributed by atoms with Crippen LogP contribution in [0.3, 0.4) is 0 Å². The van der Waals surface area contributed by atoms with Crippen molar-refractivity contribution >= 4 is 16.8 Å². The number of carbonyl (C=O) groups excluding carboxylic acids is 1. The van der Waals surface area contributed by atoms with Gasteiger partial charge in [-0.15, -0.1) is 0 Å². The Morgan fingerprint density at radius 1 is 1.00 bits per heavy atom. The Morgan fingerprint density at radius 3 is 2.44 bits per heavy atom. The van der Waals surface area contributed by atoms with Crippen molar-refractivity contribution in [3.63, 3.8) is 0 Å². The van der Waals surface area contributed by atoms with E-state index < -0.39 is 0 Å². The molecule has 0 saturated heterocycles. The van der Waals surface area contributed by atoms with Gasteiger partial charge in [0.15, 0.2) is 0 Å². The molecule has 3 heteroatoms. The van der Waals surface area contributed by atoms with Gasteiger partial charge >= 0.3 is 0 Å². The molecule has 0 spiro atoms. The molecule has 1 aliphatic rings. The standard InChI is InChI=1S/C22H22N2O/c1-15-20(22(25)23-17-11-5-6-12-17)18-13-7-8-14-19(18)24-21(15)16-9-3-2-4-10-16/h2-4,7-10,13-14,17H,5-6,11-12H2,1H3,(H,23,25). The van der Waals surface area contributed by atoms with Crippen LogP contribution in [0.15, 0.2) is 54.6 Å². The van der Waals surface area contributed by atoms with Crippen molar-refractivity contribution in [1.82, 2.24) is 10.3 Å². The largest absolute Gasteiger partial charge is 0.349 e. The smallest absolute Gasteiger partial charge is 0.252 e. The third-order valence-corrected chi connectivity index (χ3v) is 5.10. The van der Waals surface area contributed by atoms with Gasteiger partial charge in [-0.2, -0.15) is 0 Å². The second-order valence-electron chi connectivity index (χ2n) is 6.80. The number of amides is 1. The molecular formula is C22H22N2O. The highest BCUT2D eigenvalue weighted by molar-refractivity contribution is 6.09. The first-order valence-corrected chi connectivity index (χ1v) is 8.99. The van der Waals surface area contributed by atoms with Crippen LogP contribution in [0.25, 0.3) is 22.2 Å². The molecule has 1 aromatic heterocycles. The fraction of sp³-hybridized carbons (Fsp3) is 0.273. The lowest BCUT2D eigenvalue weighted by Gasteiger charge is -2.17. The number of nitrogens with one attached hydrogen (secondary N) is 1. The molecule has 0 radical (unpaired) electrons. The zero-order valence-corrected chi connectivity index (χ0v) is 14.5. The van der Waals surface area contributed by atoms with E-state index in [1.54, 1.807) is 0 Å². The van der Waals surface area contributed by atoms with Gasteiger partial charge in [-0.05, 0) is 31.4 Å². The maximum absolute atomic E-state index is 13.1. The summed E-state index contributed by atoms with van der Waals surface area (Å²) in [6.45, 7) is 2.01. The summed E-state index contributed by atoms with van der Waals surface area (Å²) in [7, 11) is 0. The number of hydrogen-bond donors (Lipinski definition) is 1. The van der Waals surface area contributed by atoms with Crippen LogP contribution in [0.4, 0.5) is 0 Å². The highest BCUT2D eigenvalue weighted by atomic mass is 16.1. The molecule has 3 nitrogen and oxygen atoms in total. The molecule has 1 amide bonds. The van der Waals surface area contributed by atoms with Crippen LogP contribution < -0.4 is 5.32 Å². The first-order valence-electron chi connectivity index (χ1n) is 8.99. The van der Waals surface area contributed by atoms with Crippen molar-refractivity contribution in [2.24, 2.45) is 0 Å². The Balaban J connectivity index is 1.86. The number of benzene rings is 2. The quantitative estimate of drug-likeness (QED) is 0.743. The topological polar surface area (TPSA) is 42.0 Å². The van der Waals surface area contributed by atoms with E-state index in [0.717, 1.165) is 46.1 Å². The molecule has 1 N–H and O–H groups in total. The summed E-state index contributed by atoms with van der Waals surface area (Å²) >= 11 is 0. The van der Waals surface area contributed by atoms with Crippen LogP contribution in [0.1, 0.15) is 41.6 Å². The van der Waals surface area contributed by atoms with Crippen LogP contribution in [0.5, 0.6) is 0 Å². The molecule has 0 unspecified atom stereocenters. The number of fused-ring (bicyclic) bond motifs is 1. The van der Waals surface area contributed by atoms with Gasteiger partial charge in [-0.3, -0.25) is 4.79 Å². The summed E-state index contributed by atoms with van der Waals surface area (Å²) in [6.07, 6.45) is 4.57. The molecule has 4 rings (SSSR count). The number of para-hydroxylation sites is 1. The van der Waals surface area contributed by atoms with Gasteiger partial charge in [0, 0.05) is 17.0 Å². The van der Waals surface area contributed by atoms with Gasteiger partial charge < -0.3 is 5.32 Å². The molecule has 3 aromatic rings. The highest BCUT2D eigenvalue weighted by Gasteiger charge is 2.22. The van der Waals surface area contributed by atoms with Crippen molar-refractivity contribution in [3.8, 4) is 11.3 Å². The number of pyridine rings is 1. The Morgan fingerprint density at radius 2 is 1.68 bits per heavy atom. The van der Waals surface area contributed by atoms with E-state index in [1.807, 2.05) is 61.5 Å². The number of rotatable bonds is 3. The predicted octanol–water partition coefficient (Wildman–Crippen LogP) is 4.88. The fourth-order valence-electron chi connectivity index (χ4n) is 3.80. The third kappa shape index (κ3) is 3.02. The Labute approximate surface area is 148 Å². The maximum atomic E-state index is 13.1. The number of hydrogen-bond acceptors (Lipinski definition) is 2. The molecule has 1 heterocycles. The summed E-state index contributed by atoms with van der Waals surface area (Å²) in [5.41, 5.74) is 4.50. The number of nitrogens with zero attached hydrogens (tertiary/aromatic N) is 1. The molecule has 0 aliphatic heterocycles. The number of aromatic nitrogens is 1. The lowest BCUT2D eigenvalue weighted by molar-refractivity contribution is 0.0939. The third-order valence-electron chi connectivity index (χ3n) is 5.10. The molecule has 126 valence electrons. The fourth-order valence-corrected chi connectivity index (χ4v) is 3.80. The van der Waals surface area contributed by atoms with Crippen LogP contribution in [0, 0.1) is 6.92 Å². The van der Waals surface area contributed by atoms with Crippen LogP contribution in [-0.2, 0) is 0 Å². The molecule has 1 saturated carbocycles. The second kappa shape index (κ2) is 6.67. The van der Waals surface area contributed by atoms with Crippen molar-refractivity contribution in [2.45, 2.75) is 38.6 Å². The van der Waals surface area contributed by atoms with Crippen molar-refractivity contribution < 1.29 is 4.79 Å². The molecule has 25 heavy (non-hydrogen) atoms. The minimum atomic E-state index is 0.0279. The Bertz CT molecular complexity index is 912. The van der Waals surface area contributed by atoms with E-state index in [0.29, 0.717) is 6.04 Å². The average Bonchev–Trinajstić information content (AvgIpc) is 3.14. The van der Waals surface area contributed by atoms with E-state index in [9.17, 15) is 4.79 Å². The summed E-state index contributed by atoms with van der Waals surface area (Å²) in [6, 6.07) is 18.3. The van der Waals surface area contributed by atoms with E-state index in [-0.39, 0.29) is 5.91 Å². The second-order valence-corrected chi connectivity index (χ2v) is 6.80. The predicted molar refractivity (Wildman–Crippen MR) is 102 cm³/mol. The van der Waals surface area contributed by atoms with E-state index >= 15 is 0 Å².